The van der Waals surface area contributed by atoms with E-state index in [-0.39, 0.29) is 5.92 Å². The van der Waals surface area contributed by atoms with E-state index in [4.69, 9.17) is 5.11 Å². The largest absolute Gasteiger partial charge is 0.481 e. The van der Waals surface area contributed by atoms with E-state index in [2.05, 4.69) is 6.07 Å². The van der Waals surface area contributed by atoms with E-state index in [1.54, 1.807) is 30.0 Å². The molecule has 1 heterocycles. The molecule has 2 nitrogen and oxygen atoms in total. The maximum absolute atomic E-state index is 10.5. The summed E-state index contributed by atoms with van der Waals surface area (Å²) >= 11 is 3.39. The van der Waals surface area contributed by atoms with Gasteiger partial charge in [-0.15, -0.1) is 11.3 Å². The van der Waals surface area contributed by atoms with Crippen molar-refractivity contribution in [1.29, 1.82) is 0 Å². The van der Waals surface area contributed by atoms with E-state index in [0.717, 1.165) is 5.75 Å². The second-order valence-electron chi connectivity index (χ2n) is 2.83. The Balaban J connectivity index is 2.18. The monoisotopic (exact) mass is 216 g/mol. The summed E-state index contributed by atoms with van der Waals surface area (Å²) in [5.41, 5.74) is 0. The van der Waals surface area contributed by atoms with Gasteiger partial charge in [-0.3, -0.25) is 4.79 Å². The van der Waals surface area contributed by atoms with Gasteiger partial charge in [-0.1, -0.05) is 13.0 Å². The van der Waals surface area contributed by atoms with Crippen LogP contribution in [-0.2, 0) is 10.5 Å². The molecule has 0 saturated heterocycles. The molecule has 0 bridgehead atoms. The SMILES string of the molecule is CC(CSCc1cccs1)C(=O)O. The zero-order valence-corrected chi connectivity index (χ0v) is 9.03. The van der Waals surface area contributed by atoms with Crippen LogP contribution in [0, 0.1) is 5.92 Å². The highest BCUT2D eigenvalue weighted by molar-refractivity contribution is 7.98. The molecule has 13 heavy (non-hydrogen) atoms. The number of carboxylic acid groups (broad SMARTS) is 1. The summed E-state index contributed by atoms with van der Waals surface area (Å²) in [7, 11) is 0. The van der Waals surface area contributed by atoms with Gasteiger partial charge in [0.2, 0.25) is 0 Å². The Kier molecular flexibility index (Phi) is 4.32. The van der Waals surface area contributed by atoms with Crippen molar-refractivity contribution in [3.8, 4) is 0 Å². The zero-order chi connectivity index (χ0) is 9.68. The molecule has 0 spiro atoms. The molecule has 1 aromatic rings. The second kappa shape index (κ2) is 5.29. The third-order valence-corrected chi connectivity index (χ3v) is 3.92. The minimum absolute atomic E-state index is 0.245. The molecule has 1 unspecified atom stereocenters. The third-order valence-electron chi connectivity index (χ3n) is 1.61. The minimum Gasteiger partial charge on any atom is -0.481 e. The van der Waals surface area contributed by atoms with Crippen molar-refractivity contribution in [3.05, 3.63) is 22.4 Å². The number of hydrogen-bond donors (Lipinski definition) is 1. The molecule has 0 fully saturated rings. The Morgan fingerprint density at radius 1 is 1.77 bits per heavy atom. The smallest absolute Gasteiger partial charge is 0.307 e. The molecule has 0 aliphatic rings. The number of hydrogen-bond acceptors (Lipinski definition) is 3. The Bertz CT molecular complexity index is 257. The van der Waals surface area contributed by atoms with E-state index < -0.39 is 5.97 Å². The lowest BCUT2D eigenvalue weighted by Crippen LogP contribution is -2.11. The van der Waals surface area contributed by atoms with Gasteiger partial charge in [0.15, 0.2) is 0 Å². The van der Waals surface area contributed by atoms with E-state index in [9.17, 15) is 4.79 Å². The van der Waals surface area contributed by atoms with Crippen molar-refractivity contribution < 1.29 is 9.90 Å². The average Bonchev–Trinajstić information content (AvgIpc) is 2.56. The van der Waals surface area contributed by atoms with Crippen molar-refractivity contribution in [2.24, 2.45) is 5.92 Å². The maximum Gasteiger partial charge on any atom is 0.307 e. The molecule has 0 amide bonds. The van der Waals surface area contributed by atoms with Crippen LogP contribution in [0.1, 0.15) is 11.8 Å². The van der Waals surface area contributed by atoms with Crippen molar-refractivity contribution in [1.82, 2.24) is 0 Å². The van der Waals surface area contributed by atoms with Gasteiger partial charge >= 0.3 is 5.97 Å². The van der Waals surface area contributed by atoms with Crippen LogP contribution < -0.4 is 0 Å². The molecule has 0 aliphatic carbocycles. The normalized spacial score (nSPS) is 12.7. The molecule has 0 aliphatic heterocycles. The van der Waals surface area contributed by atoms with Crippen LogP contribution in [0.5, 0.6) is 0 Å². The summed E-state index contributed by atoms with van der Waals surface area (Å²) in [6, 6.07) is 4.09. The van der Waals surface area contributed by atoms with Crippen LogP contribution in [0.2, 0.25) is 0 Å². The van der Waals surface area contributed by atoms with E-state index in [0.29, 0.717) is 5.75 Å². The fraction of sp³-hybridized carbons (Fsp3) is 0.444. The first-order valence-electron chi connectivity index (χ1n) is 4.03. The van der Waals surface area contributed by atoms with Gasteiger partial charge in [-0.05, 0) is 11.4 Å². The number of thioether (sulfide) groups is 1. The Morgan fingerprint density at radius 2 is 2.54 bits per heavy atom. The molecule has 0 aromatic carbocycles. The number of carbonyl (C=O) groups is 1. The molecular weight excluding hydrogens is 204 g/mol. The van der Waals surface area contributed by atoms with E-state index in [1.165, 1.54) is 4.88 Å². The Labute approximate surface area is 86.0 Å². The highest BCUT2D eigenvalue weighted by Crippen LogP contribution is 2.19. The molecule has 1 rings (SSSR count). The standard InChI is InChI=1S/C9H12O2S2/c1-7(9(10)11)5-12-6-8-3-2-4-13-8/h2-4,7H,5-6H2,1H3,(H,10,11). The summed E-state index contributed by atoms with van der Waals surface area (Å²) in [4.78, 5) is 11.8. The van der Waals surface area contributed by atoms with Gasteiger partial charge in [0.25, 0.3) is 0 Å². The highest BCUT2D eigenvalue weighted by atomic mass is 32.2. The van der Waals surface area contributed by atoms with Crippen LogP contribution in [-0.4, -0.2) is 16.8 Å². The van der Waals surface area contributed by atoms with Crippen molar-refractivity contribution >= 4 is 29.1 Å². The van der Waals surface area contributed by atoms with Crippen molar-refractivity contribution in [2.45, 2.75) is 12.7 Å². The lowest BCUT2D eigenvalue weighted by molar-refractivity contribution is -0.140. The quantitative estimate of drug-likeness (QED) is 0.822. The Morgan fingerprint density at radius 3 is 3.08 bits per heavy atom. The van der Waals surface area contributed by atoms with Gasteiger partial charge in [-0.25, -0.2) is 0 Å². The van der Waals surface area contributed by atoms with E-state index >= 15 is 0 Å². The van der Waals surface area contributed by atoms with Crippen LogP contribution in [0.25, 0.3) is 0 Å². The second-order valence-corrected chi connectivity index (χ2v) is 4.90. The van der Waals surface area contributed by atoms with Gasteiger partial charge in [-0.2, -0.15) is 11.8 Å². The summed E-state index contributed by atoms with van der Waals surface area (Å²) in [5, 5.41) is 10.7. The molecular formula is C9H12O2S2. The lowest BCUT2D eigenvalue weighted by atomic mass is 10.2. The zero-order valence-electron chi connectivity index (χ0n) is 7.40. The predicted octanol–water partition coefficient (Wildman–Crippen LogP) is 2.70. The first-order valence-corrected chi connectivity index (χ1v) is 6.06. The maximum atomic E-state index is 10.5. The molecule has 4 heteroatoms. The number of carboxylic acids is 1. The number of aliphatic carboxylic acids is 1. The van der Waals surface area contributed by atoms with Crippen LogP contribution >= 0.6 is 23.1 Å². The van der Waals surface area contributed by atoms with Crippen LogP contribution in [0.4, 0.5) is 0 Å². The Hall–Kier alpha value is -0.480. The molecule has 1 aromatic heterocycles. The number of rotatable bonds is 5. The summed E-state index contributed by atoms with van der Waals surface area (Å²) in [6.45, 7) is 1.74. The molecule has 1 N–H and O–H groups in total. The predicted molar refractivity (Wildman–Crippen MR) is 57.3 cm³/mol. The van der Waals surface area contributed by atoms with Gasteiger partial charge in [0.05, 0.1) is 5.92 Å². The van der Waals surface area contributed by atoms with E-state index in [1.807, 2.05) is 11.4 Å². The third kappa shape index (κ3) is 3.83. The molecule has 0 radical (unpaired) electrons. The summed E-state index contributed by atoms with van der Waals surface area (Å²) in [6.07, 6.45) is 0. The summed E-state index contributed by atoms with van der Waals surface area (Å²) < 4.78 is 0. The van der Waals surface area contributed by atoms with Crippen LogP contribution in [0.3, 0.4) is 0 Å². The van der Waals surface area contributed by atoms with Crippen molar-refractivity contribution in [3.63, 3.8) is 0 Å². The highest BCUT2D eigenvalue weighted by Gasteiger charge is 2.10. The van der Waals surface area contributed by atoms with Gasteiger partial charge in [0.1, 0.15) is 0 Å². The first-order chi connectivity index (χ1) is 6.20. The fourth-order valence-corrected chi connectivity index (χ4v) is 2.72. The first kappa shape index (κ1) is 10.6. The lowest BCUT2D eigenvalue weighted by Gasteiger charge is -2.03. The number of thiophene rings is 1. The van der Waals surface area contributed by atoms with Crippen molar-refractivity contribution in [2.75, 3.05) is 5.75 Å². The molecule has 72 valence electrons. The van der Waals surface area contributed by atoms with Gasteiger partial charge < -0.3 is 5.11 Å². The van der Waals surface area contributed by atoms with Gasteiger partial charge in [0, 0.05) is 16.4 Å². The van der Waals surface area contributed by atoms with Crippen LogP contribution in [0.15, 0.2) is 17.5 Å². The average molecular weight is 216 g/mol. The topological polar surface area (TPSA) is 37.3 Å². The molecule has 0 saturated carbocycles. The fourth-order valence-electron chi connectivity index (χ4n) is 0.802. The summed E-state index contributed by atoms with van der Waals surface area (Å²) in [5.74, 6) is 0.659. The molecule has 1 atom stereocenters. The minimum atomic E-state index is -0.710.